The van der Waals surface area contributed by atoms with Crippen LogP contribution in [-0.4, -0.2) is 36.5 Å². The third kappa shape index (κ3) is 2.80. The average Bonchev–Trinajstić information content (AvgIpc) is 2.49. The van der Waals surface area contributed by atoms with Crippen molar-refractivity contribution in [1.82, 2.24) is 25.1 Å². The maximum absolute atomic E-state index is 11.4. The molecule has 0 saturated heterocycles. The van der Waals surface area contributed by atoms with Crippen molar-refractivity contribution in [3.05, 3.63) is 50.7 Å². The third-order valence-corrected chi connectivity index (χ3v) is 2.63. The molecule has 0 radical (unpaired) electrons. The van der Waals surface area contributed by atoms with Crippen molar-refractivity contribution in [1.29, 1.82) is 0 Å². The number of nitrogens with one attached hydrogen (secondary N) is 3. The Hall–Kier alpha value is -3.56. The quantitative estimate of drug-likeness (QED) is 0.378. The van der Waals surface area contributed by atoms with Crippen LogP contribution in [0.25, 0.3) is 11.2 Å². The molecule has 0 aliphatic rings. The van der Waals surface area contributed by atoms with Crippen molar-refractivity contribution < 1.29 is 5.11 Å². The van der Waals surface area contributed by atoms with Crippen molar-refractivity contribution in [2.75, 3.05) is 5.43 Å². The maximum atomic E-state index is 11.4. The molecule has 0 amide bonds. The van der Waals surface area contributed by atoms with Crippen LogP contribution in [0.5, 0.6) is 5.75 Å². The first-order chi connectivity index (χ1) is 10.6. The number of rotatable bonds is 3. The smallest absolute Gasteiger partial charge is 0.327 e. The number of benzene rings is 1. The van der Waals surface area contributed by atoms with Crippen LogP contribution in [0.3, 0.4) is 0 Å². The molecule has 0 unspecified atom stereocenters. The summed E-state index contributed by atoms with van der Waals surface area (Å²) < 4.78 is 0. The van der Waals surface area contributed by atoms with Crippen LogP contribution in [0.2, 0.25) is 0 Å². The van der Waals surface area contributed by atoms with Crippen molar-refractivity contribution in [3.8, 4) is 5.75 Å². The largest absolute Gasteiger partial charge is 0.508 e. The molecule has 4 N–H and O–H groups in total. The van der Waals surface area contributed by atoms with E-state index in [9.17, 15) is 9.59 Å². The van der Waals surface area contributed by atoms with E-state index in [-0.39, 0.29) is 22.9 Å². The molecule has 3 rings (SSSR count). The Kier molecular flexibility index (Phi) is 3.32. The molecule has 110 valence electrons. The van der Waals surface area contributed by atoms with Gasteiger partial charge in [0.1, 0.15) is 5.75 Å². The van der Waals surface area contributed by atoms with Crippen LogP contribution in [0.4, 0.5) is 5.95 Å². The number of nitrogens with zero attached hydrogens (tertiary/aromatic N) is 4. The molecular formula is C12H9N7O3. The highest BCUT2D eigenvalue weighted by molar-refractivity contribution is 5.80. The molecule has 10 nitrogen and oxygen atoms in total. The van der Waals surface area contributed by atoms with Crippen molar-refractivity contribution >= 4 is 23.3 Å². The lowest BCUT2D eigenvalue weighted by molar-refractivity contribution is 0.475. The van der Waals surface area contributed by atoms with Gasteiger partial charge in [0.15, 0.2) is 11.2 Å². The summed E-state index contributed by atoms with van der Waals surface area (Å²) in [5.74, 6) is 0.171. The molecule has 10 heteroatoms. The molecule has 0 aliphatic heterocycles. The highest BCUT2D eigenvalue weighted by Crippen LogP contribution is 2.08. The van der Waals surface area contributed by atoms with E-state index in [1.807, 2.05) is 4.98 Å². The van der Waals surface area contributed by atoms with Gasteiger partial charge in [-0.25, -0.2) is 10.2 Å². The van der Waals surface area contributed by atoms with Gasteiger partial charge in [-0.05, 0) is 29.8 Å². The van der Waals surface area contributed by atoms with Gasteiger partial charge in [-0.1, -0.05) is 0 Å². The van der Waals surface area contributed by atoms with Crippen molar-refractivity contribution in [2.24, 2.45) is 5.10 Å². The van der Waals surface area contributed by atoms with Gasteiger partial charge in [0, 0.05) is 0 Å². The Morgan fingerprint density at radius 2 is 1.91 bits per heavy atom. The highest BCUT2D eigenvalue weighted by atomic mass is 16.3. The Morgan fingerprint density at radius 1 is 1.14 bits per heavy atom. The Labute approximate surface area is 121 Å². The SMILES string of the molecule is O=c1[nH]c(=O)c2nnc(N/N=C\c3ccc(O)cc3)nc2[nH]1. The number of H-pyrrole nitrogens is 2. The molecule has 0 saturated carbocycles. The van der Waals surface area contributed by atoms with Gasteiger partial charge in [-0.3, -0.25) is 14.8 Å². The second-order valence-corrected chi connectivity index (χ2v) is 4.20. The second-order valence-electron chi connectivity index (χ2n) is 4.20. The molecule has 0 atom stereocenters. The first-order valence-electron chi connectivity index (χ1n) is 6.07. The summed E-state index contributed by atoms with van der Waals surface area (Å²) in [4.78, 5) is 30.9. The zero-order valence-electron chi connectivity index (χ0n) is 10.9. The van der Waals surface area contributed by atoms with E-state index >= 15 is 0 Å². The molecule has 0 spiro atoms. The minimum absolute atomic E-state index is 0.00563. The fourth-order valence-electron chi connectivity index (χ4n) is 1.64. The summed E-state index contributed by atoms with van der Waals surface area (Å²) >= 11 is 0. The summed E-state index contributed by atoms with van der Waals surface area (Å²) in [7, 11) is 0. The maximum Gasteiger partial charge on any atom is 0.327 e. The Balaban J connectivity index is 1.83. The third-order valence-electron chi connectivity index (χ3n) is 2.63. The highest BCUT2D eigenvalue weighted by Gasteiger charge is 2.05. The Morgan fingerprint density at radius 3 is 2.68 bits per heavy atom. The van der Waals surface area contributed by atoms with E-state index in [0.29, 0.717) is 0 Å². The zero-order valence-corrected chi connectivity index (χ0v) is 10.9. The molecule has 0 fully saturated rings. The first kappa shape index (κ1) is 13.4. The van der Waals surface area contributed by atoms with Gasteiger partial charge in [0.2, 0.25) is 0 Å². The number of hydrogen-bond donors (Lipinski definition) is 4. The van der Waals surface area contributed by atoms with Crippen LogP contribution >= 0.6 is 0 Å². The molecular weight excluding hydrogens is 290 g/mol. The lowest BCUT2D eigenvalue weighted by atomic mass is 10.2. The average molecular weight is 299 g/mol. The van der Waals surface area contributed by atoms with Crippen LogP contribution in [0.1, 0.15) is 5.56 Å². The normalized spacial score (nSPS) is 11.1. The number of anilines is 1. The van der Waals surface area contributed by atoms with Gasteiger partial charge in [0.25, 0.3) is 11.5 Å². The fourth-order valence-corrected chi connectivity index (χ4v) is 1.64. The number of hydrazone groups is 1. The molecule has 3 aromatic rings. The standard InChI is InChI=1S/C12H9N7O3/c20-7-3-1-6(2-4-7)5-13-18-11-14-9-8(17-19-11)10(21)16-12(22)15-9/h1-5,20H,(H3,14,15,16,18,19,21,22)/b13-5-. The van der Waals surface area contributed by atoms with Gasteiger partial charge in [0.05, 0.1) is 6.21 Å². The number of aromatic amines is 2. The minimum Gasteiger partial charge on any atom is -0.508 e. The number of aromatic nitrogens is 5. The van der Waals surface area contributed by atoms with E-state index < -0.39 is 11.2 Å². The number of fused-ring (bicyclic) bond motifs is 1. The van der Waals surface area contributed by atoms with Crippen LogP contribution in [0.15, 0.2) is 39.0 Å². The lowest BCUT2D eigenvalue weighted by Crippen LogP contribution is -2.23. The van der Waals surface area contributed by atoms with E-state index in [0.717, 1.165) is 5.56 Å². The van der Waals surface area contributed by atoms with Gasteiger partial charge >= 0.3 is 5.69 Å². The van der Waals surface area contributed by atoms with Crippen molar-refractivity contribution in [2.45, 2.75) is 0 Å². The van der Waals surface area contributed by atoms with E-state index in [4.69, 9.17) is 5.11 Å². The predicted molar refractivity (Wildman–Crippen MR) is 77.9 cm³/mol. The van der Waals surface area contributed by atoms with E-state index in [2.05, 4.69) is 30.7 Å². The Bertz CT molecular complexity index is 959. The van der Waals surface area contributed by atoms with Crippen molar-refractivity contribution in [3.63, 3.8) is 0 Å². The molecule has 2 aromatic heterocycles. The number of hydrogen-bond acceptors (Lipinski definition) is 8. The molecule has 0 aliphatic carbocycles. The summed E-state index contributed by atoms with van der Waals surface area (Å²) in [6, 6.07) is 6.37. The number of aromatic hydroxyl groups is 1. The topological polar surface area (TPSA) is 149 Å². The predicted octanol–water partition coefficient (Wildman–Crippen LogP) is -0.447. The monoisotopic (exact) mass is 299 g/mol. The first-order valence-corrected chi connectivity index (χ1v) is 6.07. The van der Waals surface area contributed by atoms with E-state index in [1.165, 1.54) is 18.3 Å². The zero-order chi connectivity index (χ0) is 15.5. The summed E-state index contributed by atoms with van der Waals surface area (Å²) in [5.41, 5.74) is 1.84. The van der Waals surface area contributed by atoms with Gasteiger partial charge in [-0.2, -0.15) is 10.1 Å². The number of phenolic OH excluding ortho intramolecular Hbond substituents is 1. The second kappa shape index (κ2) is 5.44. The summed E-state index contributed by atoms with van der Waals surface area (Å²) in [5, 5.41) is 20.4. The van der Waals surface area contributed by atoms with Gasteiger partial charge < -0.3 is 5.11 Å². The number of phenols is 1. The summed E-state index contributed by atoms with van der Waals surface area (Å²) in [6.45, 7) is 0. The molecule has 22 heavy (non-hydrogen) atoms. The summed E-state index contributed by atoms with van der Waals surface area (Å²) in [6.07, 6.45) is 1.48. The minimum atomic E-state index is -0.684. The molecule has 0 bridgehead atoms. The molecule has 1 aromatic carbocycles. The van der Waals surface area contributed by atoms with Gasteiger partial charge in [-0.15, -0.1) is 10.2 Å². The van der Waals surface area contributed by atoms with Crippen LogP contribution in [-0.2, 0) is 0 Å². The van der Waals surface area contributed by atoms with Crippen LogP contribution in [0, 0.1) is 0 Å². The van der Waals surface area contributed by atoms with Crippen LogP contribution < -0.4 is 16.7 Å². The van der Waals surface area contributed by atoms with E-state index in [1.54, 1.807) is 12.1 Å². The molecule has 2 heterocycles. The fraction of sp³-hybridized carbons (Fsp3) is 0. The lowest BCUT2D eigenvalue weighted by Gasteiger charge is -1.99.